The molecule has 2 N–H and O–H groups in total. The Morgan fingerprint density at radius 3 is 2.59 bits per heavy atom. The summed E-state index contributed by atoms with van der Waals surface area (Å²) >= 11 is 0. The lowest BCUT2D eigenvalue weighted by Gasteiger charge is -2.13. The minimum atomic E-state index is -0.946. The number of carbonyl (C=O) groups is 2. The predicted octanol–water partition coefficient (Wildman–Crippen LogP) is 1.34. The lowest BCUT2D eigenvalue weighted by molar-refractivity contribution is -0.138. The molecule has 6 heteroatoms. The van der Waals surface area contributed by atoms with Crippen molar-refractivity contribution in [3.8, 4) is 0 Å². The zero-order valence-electron chi connectivity index (χ0n) is 12.4. The summed E-state index contributed by atoms with van der Waals surface area (Å²) in [6, 6.07) is 10.8. The van der Waals surface area contributed by atoms with Crippen LogP contribution in [0.2, 0.25) is 0 Å². The molecule has 0 saturated carbocycles. The molecule has 0 aliphatic heterocycles. The van der Waals surface area contributed by atoms with Crippen LogP contribution < -0.4 is 5.32 Å². The zero-order valence-corrected chi connectivity index (χ0v) is 12.4. The Morgan fingerprint density at radius 2 is 2.00 bits per heavy atom. The first-order chi connectivity index (χ1) is 10.6. The van der Waals surface area contributed by atoms with E-state index in [0.29, 0.717) is 18.4 Å². The standard InChI is InChI=1S/C16H19N3O3/c1-19-13(9-10-18-19)7-8-15(20)17-11-14(16(21)22)12-5-3-2-4-6-12/h2-6,9-10,14H,7-8,11H2,1H3,(H,17,20)(H,21,22). The summed E-state index contributed by atoms with van der Waals surface area (Å²) in [5, 5.41) is 16.0. The number of hydrogen-bond donors (Lipinski definition) is 2. The van der Waals surface area contributed by atoms with Gasteiger partial charge in [-0.25, -0.2) is 0 Å². The third kappa shape index (κ3) is 4.18. The van der Waals surface area contributed by atoms with Crippen molar-refractivity contribution < 1.29 is 14.7 Å². The Hall–Kier alpha value is -2.63. The van der Waals surface area contributed by atoms with Gasteiger partial charge in [-0.1, -0.05) is 30.3 Å². The van der Waals surface area contributed by atoms with E-state index < -0.39 is 11.9 Å². The van der Waals surface area contributed by atoms with E-state index in [4.69, 9.17) is 0 Å². The summed E-state index contributed by atoms with van der Waals surface area (Å²) < 4.78 is 1.72. The molecule has 0 bridgehead atoms. The molecule has 1 aromatic heterocycles. The molecule has 2 aromatic rings. The van der Waals surface area contributed by atoms with Crippen LogP contribution in [-0.4, -0.2) is 33.3 Å². The average Bonchev–Trinajstić information content (AvgIpc) is 2.91. The third-order valence-corrected chi connectivity index (χ3v) is 3.53. The number of carboxylic acid groups (broad SMARTS) is 1. The zero-order chi connectivity index (χ0) is 15.9. The summed E-state index contributed by atoms with van der Waals surface area (Å²) in [7, 11) is 1.82. The molecule has 1 unspecified atom stereocenters. The van der Waals surface area contributed by atoms with Crippen LogP contribution in [-0.2, 0) is 23.1 Å². The number of aromatic nitrogens is 2. The molecule has 0 spiro atoms. The van der Waals surface area contributed by atoms with Crippen LogP contribution in [0.5, 0.6) is 0 Å². The Morgan fingerprint density at radius 1 is 1.27 bits per heavy atom. The number of carbonyl (C=O) groups excluding carboxylic acids is 1. The number of carboxylic acids is 1. The molecule has 0 aliphatic rings. The van der Waals surface area contributed by atoms with Crippen LogP contribution in [0.4, 0.5) is 0 Å². The summed E-state index contributed by atoms with van der Waals surface area (Å²) in [5.41, 5.74) is 1.65. The number of amides is 1. The maximum absolute atomic E-state index is 11.9. The second kappa shape index (κ2) is 7.40. The van der Waals surface area contributed by atoms with Gasteiger partial charge in [-0.15, -0.1) is 0 Å². The van der Waals surface area contributed by atoms with Crippen LogP contribution in [0.3, 0.4) is 0 Å². The van der Waals surface area contributed by atoms with Crippen molar-refractivity contribution in [1.82, 2.24) is 15.1 Å². The third-order valence-electron chi connectivity index (χ3n) is 3.53. The molecule has 1 heterocycles. The molecule has 2 rings (SSSR count). The quantitative estimate of drug-likeness (QED) is 0.808. The first-order valence-electron chi connectivity index (χ1n) is 7.09. The highest BCUT2D eigenvalue weighted by molar-refractivity contribution is 5.79. The SMILES string of the molecule is Cn1nccc1CCC(=O)NCC(C(=O)O)c1ccccc1. The lowest BCUT2D eigenvalue weighted by Crippen LogP contribution is -2.31. The molecule has 0 aliphatic carbocycles. The molecule has 1 amide bonds. The van der Waals surface area contributed by atoms with E-state index >= 15 is 0 Å². The Kier molecular flexibility index (Phi) is 5.30. The van der Waals surface area contributed by atoms with E-state index in [2.05, 4.69) is 10.4 Å². The molecular weight excluding hydrogens is 282 g/mol. The Bertz CT molecular complexity index is 637. The first kappa shape index (κ1) is 15.8. The smallest absolute Gasteiger partial charge is 0.312 e. The van der Waals surface area contributed by atoms with Crippen LogP contribution in [0.15, 0.2) is 42.6 Å². The Labute approximate surface area is 128 Å². The van der Waals surface area contributed by atoms with Crippen LogP contribution in [0, 0.1) is 0 Å². The molecule has 116 valence electrons. The summed E-state index contributed by atoms with van der Waals surface area (Å²) in [4.78, 5) is 23.2. The molecule has 1 aromatic carbocycles. The van der Waals surface area contributed by atoms with E-state index in [9.17, 15) is 14.7 Å². The largest absolute Gasteiger partial charge is 0.481 e. The van der Waals surface area contributed by atoms with Crippen molar-refractivity contribution in [3.63, 3.8) is 0 Å². The summed E-state index contributed by atoms with van der Waals surface area (Å²) in [5.74, 6) is -1.84. The van der Waals surface area contributed by atoms with Crippen molar-refractivity contribution in [2.24, 2.45) is 7.05 Å². The number of nitrogens with one attached hydrogen (secondary N) is 1. The number of aryl methyl sites for hydroxylation is 2. The maximum Gasteiger partial charge on any atom is 0.312 e. The van der Waals surface area contributed by atoms with Crippen molar-refractivity contribution >= 4 is 11.9 Å². The van der Waals surface area contributed by atoms with Gasteiger partial charge in [0.1, 0.15) is 0 Å². The fourth-order valence-electron chi connectivity index (χ4n) is 2.23. The fourth-order valence-corrected chi connectivity index (χ4v) is 2.23. The normalized spacial score (nSPS) is 11.9. The van der Waals surface area contributed by atoms with E-state index in [1.807, 2.05) is 19.2 Å². The van der Waals surface area contributed by atoms with E-state index in [0.717, 1.165) is 5.69 Å². The van der Waals surface area contributed by atoms with Gasteiger partial charge in [0.2, 0.25) is 5.91 Å². The van der Waals surface area contributed by atoms with Gasteiger partial charge in [-0.05, 0) is 18.1 Å². The van der Waals surface area contributed by atoms with Gasteiger partial charge in [-0.2, -0.15) is 5.10 Å². The fraction of sp³-hybridized carbons (Fsp3) is 0.312. The van der Waals surface area contributed by atoms with Crippen LogP contribution in [0.1, 0.15) is 23.6 Å². The molecule has 0 fully saturated rings. The monoisotopic (exact) mass is 301 g/mol. The van der Waals surface area contributed by atoms with Gasteiger partial charge in [-0.3, -0.25) is 14.3 Å². The lowest BCUT2D eigenvalue weighted by atomic mass is 9.99. The minimum absolute atomic E-state index is 0.0869. The van der Waals surface area contributed by atoms with Crippen molar-refractivity contribution in [2.75, 3.05) is 6.54 Å². The van der Waals surface area contributed by atoms with Gasteiger partial charge in [0.15, 0.2) is 0 Å². The molecule has 0 radical (unpaired) electrons. The highest BCUT2D eigenvalue weighted by atomic mass is 16.4. The van der Waals surface area contributed by atoms with E-state index in [1.165, 1.54) is 0 Å². The molecular formula is C16H19N3O3. The number of aliphatic carboxylic acids is 1. The number of benzene rings is 1. The van der Waals surface area contributed by atoms with Crippen LogP contribution >= 0.6 is 0 Å². The van der Waals surface area contributed by atoms with Crippen LogP contribution in [0.25, 0.3) is 0 Å². The highest BCUT2D eigenvalue weighted by Crippen LogP contribution is 2.14. The van der Waals surface area contributed by atoms with Crippen molar-refractivity contribution in [3.05, 3.63) is 53.9 Å². The van der Waals surface area contributed by atoms with Crippen molar-refractivity contribution in [2.45, 2.75) is 18.8 Å². The maximum atomic E-state index is 11.9. The number of hydrogen-bond acceptors (Lipinski definition) is 3. The van der Waals surface area contributed by atoms with Gasteiger partial charge in [0.25, 0.3) is 0 Å². The summed E-state index contributed by atoms with van der Waals surface area (Å²) in [6.45, 7) is 0.0869. The molecule has 22 heavy (non-hydrogen) atoms. The molecule has 6 nitrogen and oxygen atoms in total. The first-order valence-corrected chi connectivity index (χ1v) is 7.09. The van der Waals surface area contributed by atoms with Gasteiger partial charge < -0.3 is 10.4 Å². The second-order valence-corrected chi connectivity index (χ2v) is 5.05. The summed E-state index contributed by atoms with van der Waals surface area (Å²) in [6.07, 6.45) is 2.56. The molecule has 1 atom stereocenters. The highest BCUT2D eigenvalue weighted by Gasteiger charge is 2.20. The second-order valence-electron chi connectivity index (χ2n) is 5.05. The topological polar surface area (TPSA) is 84.2 Å². The van der Waals surface area contributed by atoms with Crippen molar-refractivity contribution in [1.29, 1.82) is 0 Å². The minimum Gasteiger partial charge on any atom is -0.481 e. The molecule has 0 saturated heterocycles. The van der Waals surface area contributed by atoms with E-state index in [1.54, 1.807) is 35.1 Å². The van der Waals surface area contributed by atoms with Gasteiger partial charge >= 0.3 is 5.97 Å². The van der Waals surface area contributed by atoms with E-state index in [-0.39, 0.29) is 12.5 Å². The predicted molar refractivity (Wildman–Crippen MR) is 81.4 cm³/mol. The van der Waals surface area contributed by atoms with Gasteiger partial charge in [0, 0.05) is 31.9 Å². The average molecular weight is 301 g/mol. The van der Waals surface area contributed by atoms with Gasteiger partial charge in [0.05, 0.1) is 5.92 Å². The number of rotatable bonds is 7. The number of nitrogens with zero attached hydrogens (tertiary/aromatic N) is 2. The Balaban J connectivity index is 1.86.